The Morgan fingerprint density at radius 1 is 1.25 bits per heavy atom. The molecule has 32 heavy (non-hydrogen) atoms. The Morgan fingerprint density at radius 3 is 2.88 bits per heavy atom. The highest BCUT2D eigenvalue weighted by molar-refractivity contribution is 5.86. The number of nitrogens with zero attached hydrogens (tertiary/aromatic N) is 2. The van der Waals surface area contributed by atoms with Gasteiger partial charge in [0.25, 0.3) is 5.91 Å². The van der Waals surface area contributed by atoms with Gasteiger partial charge in [0.1, 0.15) is 6.10 Å². The van der Waals surface area contributed by atoms with E-state index in [-0.39, 0.29) is 17.9 Å². The number of rotatable bonds is 7. The van der Waals surface area contributed by atoms with Crippen LogP contribution in [0, 0.1) is 5.41 Å². The number of piperidine rings is 1. The van der Waals surface area contributed by atoms with Gasteiger partial charge in [0.15, 0.2) is 0 Å². The monoisotopic (exact) mass is 433 g/mol. The second kappa shape index (κ2) is 10.1. The topological polar surface area (TPSA) is 71.5 Å². The first-order valence-electron chi connectivity index (χ1n) is 11.4. The van der Waals surface area contributed by atoms with E-state index in [1.807, 2.05) is 35.4 Å². The first-order valence-corrected chi connectivity index (χ1v) is 11.4. The number of hydrogen-bond acceptors (Lipinski definition) is 4. The molecule has 0 spiro atoms. The standard InChI is InChI=1S/C26H31N3O3/c1-2-13-28-25(31)26(12-7-15-29(19-26)24(30)23-11-6-16-32-23)17-20-8-3-4-10-22(20)21-9-5-14-27-18-21/h2-5,8-10,14,18,23H,1,6-7,11-13,15-17,19H2,(H,28,31)/t23-,26+/m1/s1. The van der Waals surface area contributed by atoms with Crippen molar-refractivity contribution in [3.05, 3.63) is 67.0 Å². The number of carbonyl (C=O) groups excluding carboxylic acids is 2. The van der Waals surface area contributed by atoms with Crippen molar-refractivity contribution in [3.8, 4) is 11.1 Å². The van der Waals surface area contributed by atoms with E-state index >= 15 is 0 Å². The van der Waals surface area contributed by atoms with E-state index in [4.69, 9.17) is 4.74 Å². The molecular weight excluding hydrogens is 402 g/mol. The minimum absolute atomic E-state index is 0.0173. The fourth-order valence-electron chi connectivity index (χ4n) is 4.90. The number of benzene rings is 1. The number of amides is 2. The van der Waals surface area contributed by atoms with Crippen molar-refractivity contribution >= 4 is 11.8 Å². The molecule has 168 valence electrons. The van der Waals surface area contributed by atoms with Crippen LogP contribution in [0.15, 0.2) is 61.4 Å². The summed E-state index contributed by atoms with van der Waals surface area (Å²) in [6.45, 7) is 5.84. The van der Waals surface area contributed by atoms with Gasteiger partial charge in [-0.25, -0.2) is 0 Å². The van der Waals surface area contributed by atoms with Crippen molar-refractivity contribution in [3.63, 3.8) is 0 Å². The molecule has 0 saturated carbocycles. The minimum Gasteiger partial charge on any atom is -0.368 e. The second-order valence-corrected chi connectivity index (χ2v) is 8.72. The molecule has 0 bridgehead atoms. The van der Waals surface area contributed by atoms with Crippen molar-refractivity contribution in [2.24, 2.45) is 5.41 Å². The van der Waals surface area contributed by atoms with Crippen molar-refractivity contribution < 1.29 is 14.3 Å². The molecule has 0 radical (unpaired) electrons. The number of nitrogens with one attached hydrogen (secondary N) is 1. The molecule has 6 heteroatoms. The van der Waals surface area contributed by atoms with E-state index in [0.29, 0.717) is 32.7 Å². The lowest BCUT2D eigenvalue weighted by Gasteiger charge is -2.42. The molecule has 2 amide bonds. The molecule has 1 N–H and O–H groups in total. The lowest BCUT2D eigenvalue weighted by Crippen LogP contribution is -2.56. The van der Waals surface area contributed by atoms with Gasteiger partial charge in [0, 0.05) is 44.2 Å². The fourth-order valence-corrected chi connectivity index (χ4v) is 4.90. The van der Waals surface area contributed by atoms with Crippen LogP contribution < -0.4 is 5.32 Å². The maximum atomic E-state index is 13.5. The SMILES string of the molecule is C=CCNC(=O)[C@]1(Cc2ccccc2-c2cccnc2)CCCN(C(=O)[C@H]2CCCO2)C1. The molecule has 4 rings (SSSR count). The third-order valence-electron chi connectivity index (χ3n) is 6.50. The lowest BCUT2D eigenvalue weighted by atomic mass is 9.73. The maximum Gasteiger partial charge on any atom is 0.251 e. The molecule has 6 nitrogen and oxygen atoms in total. The van der Waals surface area contributed by atoms with Crippen LogP contribution in [0.3, 0.4) is 0 Å². The van der Waals surface area contributed by atoms with E-state index < -0.39 is 5.41 Å². The molecule has 2 aliphatic heterocycles. The quantitative estimate of drug-likeness (QED) is 0.680. The summed E-state index contributed by atoms with van der Waals surface area (Å²) in [7, 11) is 0. The van der Waals surface area contributed by atoms with Gasteiger partial charge < -0.3 is 15.0 Å². The molecule has 2 fully saturated rings. The summed E-state index contributed by atoms with van der Waals surface area (Å²) < 4.78 is 5.64. The predicted molar refractivity (Wildman–Crippen MR) is 124 cm³/mol. The molecule has 1 aromatic heterocycles. The van der Waals surface area contributed by atoms with Gasteiger partial charge in [-0.2, -0.15) is 0 Å². The van der Waals surface area contributed by atoms with Crippen LogP contribution in [0.2, 0.25) is 0 Å². The van der Waals surface area contributed by atoms with Crippen LogP contribution in [-0.2, 0) is 20.7 Å². The summed E-state index contributed by atoms with van der Waals surface area (Å²) in [5.74, 6) is -0.00753. The molecule has 2 aliphatic rings. The van der Waals surface area contributed by atoms with Gasteiger partial charge in [-0.1, -0.05) is 36.4 Å². The first kappa shape index (κ1) is 22.2. The van der Waals surface area contributed by atoms with Crippen molar-refractivity contribution in [1.29, 1.82) is 0 Å². The molecule has 2 saturated heterocycles. The molecule has 0 aliphatic carbocycles. The number of likely N-dealkylation sites (tertiary alicyclic amines) is 1. The number of carbonyl (C=O) groups is 2. The Labute approximate surface area is 189 Å². The molecule has 3 heterocycles. The van der Waals surface area contributed by atoms with E-state index in [2.05, 4.69) is 29.0 Å². The van der Waals surface area contributed by atoms with E-state index in [1.54, 1.807) is 12.3 Å². The summed E-state index contributed by atoms with van der Waals surface area (Å²) in [6, 6.07) is 12.1. The van der Waals surface area contributed by atoms with Crippen LogP contribution in [0.4, 0.5) is 0 Å². The first-order chi connectivity index (χ1) is 15.6. The highest BCUT2D eigenvalue weighted by Crippen LogP contribution is 2.37. The van der Waals surface area contributed by atoms with Gasteiger partial charge >= 0.3 is 0 Å². The average Bonchev–Trinajstić information content (AvgIpc) is 3.38. The van der Waals surface area contributed by atoms with E-state index in [0.717, 1.165) is 42.4 Å². The van der Waals surface area contributed by atoms with Crippen LogP contribution in [0.5, 0.6) is 0 Å². The zero-order valence-electron chi connectivity index (χ0n) is 18.5. The van der Waals surface area contributed by atoms with Gasteiger partial charge in [0.2, 0.25) is 5.91 Å². The number of pyridine rings is 1. The number of aromatic nitrogens is 1. The Hall–Kier alpha value is -2.99. The average molecular weight is 434 g/mol. The van der Waals surface area contributed by atoms with Gasteiger partial charge in [-0.15, -0.1) is 6.58 Å². The highest BCUT2D eigenvalue weighted by Gasteiger charge is 2.45. The third-order valence-corrected chi connectivity index (χ3v) is 6.50. The summed E-state index contributed by atoms with van der Waals surface area (Å²) in [4.78, 5) is 32.7. The molecule has 2 atom stereocenters. The van der Waals surface area contributed by atoms with Crippen molar-refractivity contribution in [2.45, 2.75) is 38.2 Å². The Bertz CT molecular complexity index is 956. The van der Waals surface area contributed by atoms with E-state index in [1.165, 1.54) is 0 Å². The van der Waals surface area contributed by atoms with Crippen molar-refractivity contribution in [2.75, 3.05) is 26.2 Å². The zero-order valence-corrected chi connectivity index (χ0v) is 18.5. The summed E-state index contributed by atoms with van der Waals surface area (Å²) in [5, 5.41) is 3.01. The van der Waals surface area contributed by atoms with Crippen LogP contribution in [0.1, 0.15) is 31.2 Å². The predicted octanol–water partition coefficient (Wildman–Crippen LogP) is 3.38. The second-order valence-electron chi connectivity index (χ2n) is 8.72. The summed E-state index contributed by atoms with van der Waals surface area (Å²) in [6.07, 6.45) is 8.65. The number of hydrogen-bond donors (Lipinski definition) is 1. The maximum absolute atomic E-state index is 13.5. The highest BCUT2D eigenvalue weighted by atomic mass is 16.5. The Balaban J connectivity index is 1.65. The summed E-state index contributed by atoms with van der Waals surface area (Å²) in [5.41, 5.74) is 2.47. The Morgan fingerprint density at radius 2 is 2.12 bits per heavy atom. The summed E-state index contributed by atoms with van der Waals surface area (Å²) >= 11 is 0. The largest absolute Gasteiger partial charge is 0.368 e. The smallest absolute Gasteiger partial charge is 0.251 e. The van der Waals surface area contributed by atoms with Gasteiger partial charge in [-0.3, -0.25) is 14.6 Å². The molecule has 1 aromatic carbocycles. The van der Waals surface area contributed by atoms with Crippen LogP contribution in [-0.4, -0.2) is 54.0 Å². The number of ether oxygens (including phenoxy) is 1. The zero-order chi connectivity index (χ0) is 22.4. The van der Waals surface area contributed by atoms with Crippen LogP contribution >= 0.6 is 0 Å². The molecular formula is C26H31N3O3. The normalized spacial score (nSPS) is 23.0. The van der Waals surface area contributed by atoms with Crippen LogP contribution in [0.25, 0.3) is 11.1 Å². The minimum atomic E-state index is -0.701. The van der Waals surface area contributed by atoms with Gasteiger partial charge in [-0.05, 0) is 49.3 Å². The molecule has 0 unspecified atom stereocenters. The van der Waals surface area contributed by atoms with Crippen molar-refractivity contribution in [1.82, 2.24) is 15.2 Å². The Kier molecular flexibility index (Phi) is 7.00. The van der Waals surface area contributed by atoms with Gasteiger partial charge in [0.05, 0.1) is 5.41 Å². The third kappa shape index (κ3) is 4.75. The molecule has 2 aromatic rings. The lowest BCUT2D eigenvalue weighted by molar-refractivity contribution is -0.148. The fraction of sp³-hybridized carbons (Fsp3) is 0.423. The van der Waals surface area contributed by atoms with E-state index in [9.17, 15) is 9.59 Å².